The number of carbonyl (C=O) groups excluding carboxylic acids is 2. The Labute approximate surface area is 129 Å². The van der Waals surface area contributed by atoms with E-state index in [9.17, 15) is 24.4 Å². The van der Waals surface area contributed by atoms with Gasteiger partial charge >= 0.3 is 13.9 Å². The lowest BCUT2D eigenvalue weighted by atomic mass is 10.00. The molecule has 23 heavy (non-hydrogen) atoms. The molecule has 2 aliphatic rings. The minimum atomic E-state index is -5.18. The minimum Gasteiger partial charge on any atom is -0.394 e. The van der Waals surface area contributed by atoms with Crippen LogP contribution in [0.2, 0.25) is 0 Å². The molecule has 2 aliphatic heterocycles. The molecule has 0 aliphatic carbocycles. The quantitative estimate of drug-likeness (QED) is 0.287. The van der Waals surface area contributed by atoms with E-state index in [2.05, 4.69) is 4.52 Å². The van der Waals surface area contributed by atoms with Crippen LogP contribution in [0.5, 0.6) is 0 Å². The summed E-state index contributed by atoms with van der Waals surface area (Å²) >= 11 is 0. The summed E-state index contributed by atoms with van der Waals surface area (Å²) in [7, 11) is -5.18. The second-order valence-corrected chi connectivity index (χ2v) is 6.57. The van der Waals surface area contributed by atoms with E-state index in [4.69, 9.17) is 19.6 Å². The van der Waals surface area contributed by atoms with E-state index < -0.39 is 56.6 Å². The zero-order chi connectivity index (χ0) is 17.6. The molecule has 0 aromatic rings. The molecule has 0 spiro atoms. The van der Waals surface area contributed by atoms with E-state index in [0.29, 0.717) is 4.90 Å². The number of phosphoric ester groups is 1. The number of nitrogens with one attached hydrogen (secondary N) is 1. The van der Waals surface area contributed by atoms with Gasteiger partial charge in [-0.05, 0) is 6.92 Å². The second kappa shape index (κ2) is 6.07. The molecule has 2 unspecified atom stereocenters. The number of rotatable bonds is 4. The summed E-state index contributed by atoms with van der Waals surface area (Å²) in [6.45, 7) is 0.337. The van der Waals surface area contributed by atoms with Crippen LogP contribution < -0.4 is 5.32 Å². The third-order valence-electron chi connectivity index (χ3n) is 3.58. The molecule has 0 aromatic heterocycles. The molecular weight excluding hydrogens is 339 g/mol. The molecule has 2 heterocycles. The van der Waals surface area contributed by atoms with Crippen LogP contribution >= 0.6 is 7.82 Å². The highest BCUT2D eigenvalue weighted by molar-refractivity contribution is 7.46. The predicted octanol–water partition coefficient (Wildman–Crippen LogP) is -2.81. The zero-order valence-corrected chi connectivity index (χ0v) is 12.8. The lowest BCUT2D eigenvalue weighted by molar-refractivity contribution is -0.189. The number of ether oxygens (including phenoxy) is 1. The van der Waals surface area contributed by atoms with Crippen molar-refractivity contribution in [2.75, 3.05) is 6.61 Å². The van der Waals surface area contributed by atoms with Crippen LogP contribution in [0.1, 0.15) is 13.3 Å². The van der Waals surface area contributed by atoms with E-state index in [0.717, 1.165) is 6.92 Å². The number of aliphatic hydroxyl groups is 3. The van der Waals surface area contributed by atoms with Crippen molar-refractivity contribution in [3.63, 3.8) is 0 Å². The van der Waals surface area contributed by atoms with Crippen molar-refractivity contribution in [1.29, 1.82) is 0 Å². The van der Waals surface area contributed by atoms with Crippen LogP contribution in [-0.2, 0) is 18.6 Å². The molecule has 0 saturated carbocycles. The van der Waals surface area contributed by atoms with E-state index in [1.807, 2.05) is 0 Å². The van der Waals surface area contributed by atoms with Gasteiger partial charge in [-0.15, -0.1) is 0 Å². The van der Waals surface area contributed by atoms with Crippen LogP contribution in [-0.4, -0.2) is 78.8 Å². The standard InChI is InChI=1S/C10H17N2O10P/c1-10(17)7(15)11-9(16)12(8(10)22-23(18,19)20)6-2-4(14)5(3-13)21-6/h4-6,8,13-14,17H,2-3H2,1H3,(H,11,15,16)(H2,18,19,20)/t4-,5+,6+,8?,10?/m0/s1. The number of aliphatic hydroxyl groups excluding tert-OH is 2. The fourth-order valence-corrected chi connectivity index (χ4v) is 2.96. The van der Waals surface area contributed by atoms with Crippen LogP contribution in [0.3, 0.4) is 0 Å². The summed E-state index contributed by atoms with van der Waals surface area (Å²) in [4.78, 5) is 42.2. The molecule has 0 radical (unpaired) electrons. The minimum absolute atomic E-state index is 0.218. The molecular formula is C10H17N2O10P. The number of phosphoric acid groups is 1. The first-order chi connectivity index (χ1) is 10.5. The molecule has 5 atom stereocenters. The van der Waals surface area contributed by atoms with E-state index >= 15 is 0 Å². The Morgan fingerprint density at radius 3 is 2.57 bits per heavy atom. The molecule has 13 heteroatoms. The van der Waals surface area contributed by atoms with Crippen molar-refractivity contribution in [2.24, 2.45) is 0 Å². The van der Waals surface area contributed by atoms with Gasteiger partial charge in [0.15, 0.2) is 11.8 Å². The van der Waals surface area contributed by atoms with Gasteiger partial charge in [0.2, 0.25) is 0 Å². The van der Waals surface area contributed by atoms with Gasteiger partial charge in [0, 0.05) is 6.42 Å². The highest BCUT2D eigenvalue weighted by atomic mass is 31.2. The van der Waals surface area contributed by atoms with Crippen molar-refractivity contribution in [2.45, 2.75) is 43.6 Å². The molecule has 2 rings (SSSR count). The average molecular weight is 356 g/mol. The lowest BCUT2D eigenvalue weighted by Crippen LogP contribution is -2.71. The van der Waals surface area contributed by atoms with Crippen molar-refractivity contribution < 1.29 is 48.5 Å². The number of hydrogen-bond acceptors (Lipinski definition) is 8. The van der Waals surface area contributed by atoms with Gasteiger partial charge in [-0.3, -0.25) is 19.5 Å². The maximum Gasteiger partial charge on any atom is 0.471 e. The first kappa shape index (κ1) is 18.2. The fraction of sp³-hybridized carbons (Fsp3) is 0.800. The summed E-state index contributed by atoms with van der Waals surface area (Å²) in [5.41, 5.74) is -2.49. The molecule has 2 fully saturated rings. The highest BCUT2D eigenvalue weighted by Crippen LogP contribution is 2.43. The topological polar surface area (TPSA) is 186 Å². The Balaban J connectivity index is 2.35. The smallest absolute Gasteiger partial charge is 0.394 e. The molecule has 6 N–H and O–H groups in total. The Morgan fingerprint density at radius 1 is 1.48 bits per heavy atom. The van der Waals surface area contributed by atoms with Gasteiger partial charge in [-0.2, -0.15) is 0 Å². The summed E-state index contributed by atoms with van der Waals surface area (Å²) < 4.78 is 20.7. The Morgan fingerprint density at radius 2 is 2.09 bits per heavy atom. The number of carbonyl (C=O) groups is 2. The monoisotopic (exact) mass is 356 g/mol. The average Bonchev–Trinajstić information content (AvgIpc) is 2.76. The van der Waals surface area contributed by atoms with Crippen LogP contribution in [0.4, 0.5) is 4.79 Å². The van der Waals surface area contributed by atoms with Gasteiger partial charge in [0.05, 0.1) is 12.7 Å². The molecule has 0 bridgehead atoms. The number of nitrogens with zero attached hydrogens (tertiary/aromatic N) is 1. The van der Waals surface area contributed by atoms with Gasteiger partial charge in [-0.25, -0.2) is 9.36 Å². The van der Waals surface area contributed by atoms with Crippen molar-refractivity contribution in [3.8, 4) is 0 Å². The third-order valence-corrected chi connectivity index (χ3v) is 4.05. The SMILES string of the molecule is CC1(O)C(=O)NC(=O)N([C@H]2C[C@H](O)[C@@H](CO)O2)C1OP(=O)(O)O. The zero-order valence-electron chi connectivity index (χ0n) is 11.9. The maximum absolute atomic E-state index is 12.0. The first-order valence-corrected chi connectivity index (χ1v) is 8.05. The number of hydrogen-bond donors (Lipinski definition) is 6. The highest BCUT2D eigenvalue weighted by Gasteiger charge is 2.56. The van der Waals surface area contributed by atoms with E-state index in [-0.39, 0.29) is 6.42 Å². The van der Waals surface area contributed by atoms with E-state index in [1.54, 1.807) is 5.32 Å². The van der Waals surface area contributed by atoms with Crippen molar-refractivity contribution >= 4 is 19.8 Å². The van der Waals surface area contributed by atoms with Crippen LogP contribution in [0.25, 0.3) is 0 Å². The Kier molecular flexibility index (Phi) is 4.81. The lowest BCUT2D eigenvalue weighted by Gasteiger charge is -2.44. The normalized spacial score (nSPS) is 38.8. The van der Waals surface area contributed by atoms with Gasteiger partial charge in [0.25, 0.3) is 5.91 Å². The molecule has 12 nitrogen and oxygen atoms in total. The van der Waals surface area contributed by atoms with Crippen LogP contribution in [0.15, 0.2) is 0 Å². The predicted molar refractivity (Wildman–Crippen MR) is 69.3 cm³/mol. The summed E-state index contributed by atoms with van der Waals surface area (Å²) in [6.07, 6.45) is -5.75. The largest absolute Gasteiger partial charge is 0.471 e. The maximum atomic E-state index is 12.0. The third kappa shape index (κ3) is 3.54. The van der Waals surface area contributed by atoms with Crippen molar-refractivity contribution in [1.82, 2.24) is 10.2 Å². The van der Waals surface area contributed by atoms with Crippen LogP contribution in [0, 0.1) is 0 Å². The number of imide groups is 1. The van der Waals surface area contributed by atoms with Gasteiger partial charge < -0.3 is 29.8 Å². The number of amides is 3. The summed E-state index contributed by atoms with van der Waals surface area (Å²) in [5, 5.41) is 30.7. The first-order valence-electron chi connectivity index (χ1n) is 6.52. The van der Waals surface area contributed by atoms with Gasteiger partial charge in [0.1, 0.15) is 12.3 Å². The fourth-order valence-electron chi connectivity index (χ4n) is 2.39. The summed E-state index contributed by atoms with van der Waals surface area (Å²) in [6, 6.07) is -1.13. The second-order valence-electron chi connectivity index (χ2n) is 5.38. The molecule has 3 amide bonds. The number of urea groups is 1. The van der Waals surface area contributed by atoms with Crippen molar-refractivity contribution in [3.05, 3.63) is 0 Å². The summed E-state index contributed by atoms with van der Waals surface area (Å²) in [5.74, 6) is -1.21. The Bertz CT molecular complexity index is 548. The van der Waals surface area contributed by atoms with Gasteiger partial charge in [-0.1, -0.05) is 0 Å². The Hall–Kier alpha value is -1.11. The molecule has 132 valence electrons. The molecule has 0 aromatic carbocycles. The molecule has 2 saturated heterocycles. The van der Waals surface area contributed by atoms with E-state index in [1.165, 1.54) is 0 Å².